The molecule has 0 saturated heterocycles. The van der Waals surface area contributed by atoms with Gasteiger partial charge in [-0.2, -0.15) is 9.97 Å². The SMILES string of the molecule is Nc1cc(Br)nc(OCc2ccco2)n1. The zero-order valence-electron chi connectivity index (χ0n) is 7.68. The van der Waals surface area contributed by atoms with Crippen molar-refractivity contribution < 1.29 is 9.15 Å². The Morgan fingerprint density at radius 1 is 1.47 bits per heavy atom. The molecule has 15 heavy (non-hydrogen) atoms. The van der Waals surface area contributed by atoms with Crippen LogP contribution >= 0.6 is 15.9 Å². The van der Waals surface area contributed by atoms with E-state index in [1.807, 2.05) is 0 Å². The van der Waals surface area contributed by atoms with E-state index in [0.29, 0.717) is 16.2 Å². The number of ether oxygens (including phenoxy) is 1. The van der Waals surface area contributed by atoms with Crippen LogP contribution in [0.3, 0.4) is 0 Å². The quantitative estimate of drug-likeness (QED) is 0.863. The van der Waals surface area contributed by atoms with Gasteiger partial charge < -0.3 is 14.9 Å². The van der Waals surface area contributed by atoms with Crippen molar-refractivity contribution in [2.24, 2.45) is 0 Å². The van der Waals surface area contributed by atoms with Gasteiger partial charge in [0, 0.05) is 6.07 Å². The minimum Gasteiger partial charge on any atom is -0.466 e. The molecule has 0 unspecified atom stereocenters. The second-order valence-electron chi connectivity index (χ2n) is 2.77. The van der Waals surface area contributed by atoms with Crippen LogP contribution in [0.5, 0.6) is 6.01 Å². The van der Waals surface area contributed by atoms with E-state index in [2.05, 4.69) is 25.9 Å². The van der Waals surface area contributed by atoms with Crippen molar-refractivity contribution in [1.82, 2.24) is 9.97 Å². The van der Waals surface area contributed by atoms with Gasteiger partial charge in [-0.3, -0.25) is 0 Å². The summed E-state index contributed by atoms with van der Waals surface area (Å²) < 4.78 is 11.0. The number of nitrogen functional groups attached to an aromatic ring is 1. The molecule has 0 radical (unpaired) electrons. The molecular formula is C9H8BrN3O2. The van der Waals surface area contributed by atoms with E-state index in [-0.39, 0.29) is 12.6 Å². The predicted octanol–water partition coefficient (Wildman–Crippen LogP) is 1.99. The average Bonchev–Trinajstić information content (AvgIpc) is 2.65. The van der Waals surface area contributed by atoms with Gasteiger partial charge >= 0.3 is 6.01 Å². The van der Waals surface area contributed by atoms with Crippen LogP contribution in [0.4, 0.5) is 5.82 Å². The summed E-state index contributed by atoms with van der Waals surface area (Å²) >= 11 is 3.20. The minimum absolute atomic E-state index is 0.221. The van der Waals surface area contributed by atoms with Gasteiger partial charge in [-0.25, -0.2) is 0 Å². The monoisotopic (exact) mass is 269 g/mol. The smallest absolute Gasteiger partial charge is 0.319 e. The lowest BCUT2D eigenvalue weighted by Gasteiger charge is -2.02. The average molecular weight is 270 g/mol. The Morgan fingerprint density at radius 3 is 3.00 bits per heavy atom. The van der Waals surface area contributed by atoms with E-state index < -0.39 is 0 Å². The van der Waals surface area contributed by atoms with Gasteiger partial charge in [0.2, 0.25) is 0 Å². The number of aromatic nitrogens is 2. The molecule has 2 rings (SSSR count). The Hall–Kier alpha value is -1.56. The highest BCUT2D eigenvalue weighted by Gasteiger charge is 2.03. The van der Waals surface area contributed by atoms with Crippen LogP contribution in [-0.4, -0.2) is 9.97 Å². The summed E-state index contributed by atoms with van der Waals surface area (Å²) in [5.41, 5.74) is 5.52. The number of hydrogen-bond donors (Lipinski definition) is 1. The van der Waals surface area contributed by atoms with Crippen molar-refractivity contribution in [2.45, 2.75) is 6.61 Å². The van der Waals surface area contributed by atoms with E-state index in [1.54, 1.807) is 24.5 Å². The molecule has 2 aromatic rings. The maximum atomic E-state index is 5.52. The molecule has 2 heterocycles. The Balaban J connectivity index is 2.05. The standard InChI is InChI=1S/C9H8BrN3O2/c10-7-4-8(11)13-9(12-7)15-5-6-2-1-3-14-6/h1-4H,5H2,(H2,11,12,13). The minimum atomic E-state index is 0.221. The molecule has 5 nitrogen and oxygen atoms in total. The molecule has 6 heteroatoms. The number of nitrogens with two attached hydrogens (primary N) is 1. The van der Waals surface area contributed by atoms with Crippen molar-refractivity contribution in [2.75, 3.05) is 5.73 Å². The van der Waals surface area contributed by atoms with Crippen molar-refractivity contribution in [3.8, 4) is 6.01 Å². The van der Waals surface area contributed by atoms with Gasteiger partial charge in [-0.15, -0.1) is 0 Å². The summed E-state index contributed by atoms with van der Waals surface area (Å²) in [6.07, 6.45) is 1.58. The fraction of sp³-hybridized carbons (Fsp3) is 0.111. The van der Waals surface area contributed by atoms with E-state index >= 15 is 0 Å². The van der Waals surface area contributed by atoms with Crippen LogP contribution in [0.1, 0.15) is 5.76 Å². The topological polar surface area (TPSA) is 74.2 Å². The van der Waals surface area contributed by atoms with Gasteiger partial charge in [-0.05, 0) is 28.1 Å². The third-order valence-corrected chi connectivity index (χ3v) is 2.02. The molecule has 0 aliphatic heterocycles. The largest absolute Gasteiger partial charge is 0.466 e. The van der Waals surface area contributed by atoms with Gasteiger partial charge in [0.15, 0.2) is 0 Å². The first-order valence-electron chi connectivity index (χ1n) is 4.19. The molecular weight excluding hydrogens is 262 g/mol. The van der Waals surface area contributed by atoms with Gasteiger partial charge in [0.05, 0.1) is 6.26 Å². The number of nitrogens with zero attached hydrogens (tertiary/aromatic N) is 2. The molecule has 0 aliphatic carbocycles. The van der Waals surface area contributed by atoms with E-state index in [4.69, 9.17) is 14.9 Å². The lowest BCUT2D eigenvalue weighted by Crippen LogP contribution is -2.01. The highest BCUT2D eigenvalue weighted by molar-refractivity contribution is 9.10. The summed E-state index contributed by atoms with van der Waals surface area (Å²) in [7, 11) is 0. The molecule has 0 fully saturated rings. The number of furan rings is 1. The highest BCUT2D eigenvalue weighted by Crippen LogP contribution is 2.15. The lowest BCUT2D eigenvalue weighted by atomic mass is 10.5. The summed E-state index contributed by atoms with van der Waals surface area (Å²) in [6, 6.07) is 5.41. The van der Waals surface area contributed by atoms with Crippen LogP contribution in [-0.2, 0) is 6.61 Å². The third-order valence-electron chi connectivity index (χ3n) is 1.62. The summed E-state index contributed by atoms with van der Waals surface area (Å²) in [6.45, 7) is 0.281. The van der Waals surface area contributed by atoms with Crippen molar-refractivity contribution >= 4 is 21.7 Å². The Morgan fingerprint density at radius 2 is 2.33 bits per heavy atom. The predicted molar refractivity (Wildman–Crippen MR) is 57.2 cm³/mol. The van der Waals surface area contributed by atoms with Crippen molar-refractivity contribution in [3.05, 3.63) is 34.8 Å². The Kier molecular flexibility index (Phi) is 2.86. The zero-order valence-corrected chi connectivity index (χ0v) is 9.27. The zero-order chi connectivity index (χ0) is 10.7. The van der Waals surface area contributed by atoms with E-state index in [9.17, 15) is 0 Å². The second kappa shape index (κ2) is 4.31. The Bertz CT molecular complexity index is 424. The van der Waals surface area contributed by atoms with Crippen molar-refractivity contribution in [3.63, 3.8) is 0 Å². The first kappa shape index (κ1) is 9.97. The number of hydrogen-bond acceptors (Lipinski definition) is 5. The van der Waals surface area contributed by atoms with Gasteiger partial charge in [-0.1, -0.05) is 0 Å². The molecule has 2 N–H and O–H groups in total. The molecule has 0 saturated carbocycles. The fourth-order valence-corrected chi connectivity index (χ4v) is 1.39. The number of anilines is 1. The normalized spacial score (nSPS) is 10.2. The molecule has 78 valence electrons. The second-order valence-corrected chi connectivity index (χ2v) is 3.58. The van der Waals surface area contributed by atoms with E-state index in [1.165, 1.54) is 0 Å². The maximum absolute atomic E-state index is 5.52. The van der Waals surface area contributed by atoms with Crippen molar-refractivity contribution in [1.29, 1.82) is 0 Å². The first-order chi connectivity index (χ1) is 7.24. The summed E-state index contributed by atoms with van der Waals surface area (Å²) in [5.74, 6) is 1.06. The Labute approximate surface area is 94.4 Å². The van der Waals surface area contributed by atoms with Crippen LogP contribution in [0, 0.1) is 0 Å². The molecule has 0 atom stereocenters. The lowest BCUT2D eigenvalue weighted by molar-refractivity contribution is 0.250. The number of halogens is 1. The molecule has 0 amide bonds. The maximum Gasteiger partial charge on any atom is 0.319 e. The summed E-state index contributed by atoms with van der Waals surface area (Å²) in [4.78, 5) is 7.90. The molecule has 0 spiro atoms. The van der Waals surface area contributed by atoms with Crippen LogP contribution < -0.4 is 10.5 Å². The third kappa shape index (κ3) is 2.69. The fourth-order valence-electron chi connectivity index (χ4n) is 1.01. The van der Waals surface area contributed by atoms with Gasteiger partial charge in [0.25, 0.3) is 0 Å². The van der Waals surface area contributed by atoms with Gasteiger partial charge in [0.1, 0.15) is 22.8 Å². The van der Waals surface area contributed by atoms with E-state index in [0.717, 1.165) is 0 Å². The van der Waals surface area contributed by atoms with Crippen LogP contribution in [0.2, 0.25) is 0 Å². The van der Waals surface area contributed by atoms with Crippen LogP contribution in [0.25, 0.3) is 0 Å². The molecule has 0 aromatic carbocycles. The first-order valence-corrected chi connectivity index (χ1v) is 4.98. The highest BCUT2D eigenvalue weighted by atomic mass is 79.9. The molecule has 0 aliphatic rings. The molecule has 0 bridgehead atoms. The number of rotatable bonds is 3. The van der Waals surface area contributed by atoms with Crippen LogP contribution in [0.15, 0.2) is 33.5 Å². The summed E-state index contributed by atoms with van der Waals surface area (Å²) in [5, 5.41) is 0. The molecule has 2 aromatic heterocycles.